The normalized spacial score (nSPS) is 14.0. The highest BCUT2D eigenvalue weighted by Gasteiger charge is 2.14. The second kappa shape index (κ2) is 6.32. The monoisotopic (exact) mass is 278 g/mol. The summed E-state index contributed by atoms with van der Waals surface area (Å²) in [6.07, 6.45) is 2.47. The molecule has 21 heavy (non-hydrogen) atoms. The Balaban J connectivity index is 1.78. The van der Waals surface area contributed by atoms with E-state index in [-0.39, 0.29) is 0 Å². The number of anilines is 1. The summed E-state index contributed by atoms with van der Waals surface area (Å²) in [5.41, 5.74) is 2.84. The van der Waals surface area contributed by atoms with Gasteiger partial charge in [0.25, 0.3) is 0 Å². The summed E-state index contributed by atoms with van der Waals surface area (Å²) in [5, 5.41) is 9.23. The highest BCUT2D eigenvalue weighted by molar-refractivity contribution is 5.57. The van der Waals surface area contributed by atoms with Gasteiger partial charge < -0.3 is 9.64 Å². The minimum absolute atomic E-state index is 0.485. The first kappa shape index (κ1) is 13.5. The van der Waals surface area contributed by atoms with Crippen LogP contribution < -0.4 is 9.64 Å². The third kappa shape index (κ3) is 3.17. The maximum atomic E-state index is 9.23. The van der Waals surface area contributed by atoms with Gasteiger partial charge in [0, 0.05) is 24.8 Å². The summed E-state index contributed by atoms with van der Waals surface area (Å²) in [7, 11) is 0. The second-order valence-corrected chi connectivity index (χ2v) is 5.26. The van der Waals surface area contributed by atoms with E-state index < -0.39 is 0 Å². The van der Waals surface area contributed by atoms with E-state index >= 15 is 0 Å². The van der Waals surface area contributed by atoms with Crippen molar-refractivity contribution in [3.8, 4) is 11.8 Å². The van der Waals surface area contributed by atoms with Crippen LogP contribution >= 0.6 is 0 Å². The Bertz CT molecular complexity index is 640. The predicted octanol–water partition coefficient (Wildman–Crippen LogP) is 3.74. The first-order valence-electron chi connectivity index (χ1n) is 7.32. The maximum Gasteiger partial charge on any atom is 0.139 e. The molecule has 2 aromatic rings. The van der Waals surface area contributed by atoms with E-state index in [4.69, 9.17) is 4.74 Å². The lowest BCUT2D eigenvalue weighted by molar-refractivity contribution is 0.305. The van der Waals surface area contributed by atoms with Crippen LogP contribution in [-0.4, -0.2) is 13.1 Å². The first-order chi connectivity index (χ1) is 10.4. The lowest BCUT2D eigenvalue weighted by Gasteiger charge is -2.19. The minimum atomic E-state index is 0.485. The molecule has 1 aliphatic heterocycles. The van der Waals surface area contributed by atoms with Gasteiger partial charge in [0.1, 0.15) is 18.4 Å². The van der Waals surface area contributed by atoms with Crippen LogP contribution in [0.1, 0.15) is 24.0 Å². The molecule has 0 aliphatic carbocycles. The molecule has 0 atom stereocenters. The highest BCUT2D eigenvalue weighted by Crippen LogP contribution is 2.28. The largest absolute Gasteiger partial charge is 0.487 e. The molecule has 0 amide bonds. The smallest absolute Gasteiger partial charge is 0.139 e. The predicted molar refractivity (Wildman–Crippen MR) is 83.4 cm³/mol. The molecule has 2 aromatic carbocycles. The molecule has 0 aromatic heterocycles. The number of ether oxygens (including phenoxy) is 1. The van der Waals surface area contributed by atoms with E-state index in [0.717, 1.165) is 24.3 Å². The Hall–Kier alpha value is -2.47. The molecule has 0 radical (unpaired) electrons. The number of hydrogen-bond donors (Lipinski definition) is 0. The second-order valence-electron chi connectivity index (χ2n) is 5.26. The Labute approximate surface area is 125 Å². The summed E-state index contributed by atoms with van der Waals surface area (Å²) >= 11 is 0. The van der Waals surface area contributed by atoms with Gasteiger partial charge in [-0.25, -0.2) is 0 Å². The van der Waals surface area contributed by atoms with E-state index in [0.29, 0.717) is 17.9 Å². The first-order valence-corrected chi connectivity index (χ1v) is 7.32. The SMILES string of the molecule is N#Cc1ccc(N2CCCC2)cc1OCc1ccccc1. The van der Waals surface area contributed by atoms with Crippen molar-refractivity contribution in [3.05, 3.63) is 59.7 Å². The van der Waals surface area contributed by atoms with Gasteiger partial charge in [-0.2, -0.15) is 5.26 Å². The summed E-state index contributed by atoms with van der Waals surface area (Å²) < 4.78 is 5.87. The quantitative estimate of drug-likeness (QED) is 0.854. The maximum absolute atomic E-state index is 9.23. The summed E-state index contributed by atoms with van der Waals surface area (Å²) in [6, 6.07) is 18.1. The van der Waals surface area contributed by atoms with Crippen molar-refractivity contribution in [2.24, 2.45) is 0 Å². The summed E-state index contributed by atoms with van der Waals surface area (Å²) in [6.45, 7) is 2.66. The van der Waals surface area contributed by atoms with E-state index in [1.54, 1.807) is 0 Å². The molecule has 1 aliphatic rings. The van der Waals surface area contributed by atoms with Crippen LogP contribution in [0.5, 0.6) is 5.75 Å². The van der Waals surface area contributed by atoms with Gasteiger partial charge in [-0.15, -0.1) is 0 Å². The summed E-state index contributed by atoms with van der Waals surface area (Å²) in [4.78, 5) is 2.34. The van der Waals surface area contributed by atoms with Gasteiger partial charge in [0.15, 0.2) is 0 Å². The highest BCUT2D eigenvalue weighted by atomic mass is 16.5. The number of nitrogens with zero attached hydrogens (tertiary/aromatic N) is 2. The van der Waals surface area contributed by atoms with Crippen molar-refractivity contribution in [1.29, 1.82) is 5.26 Å². The van der Waals surface area contributed by atoms with Crippen LogP contribution in [0.15, 0.2) is 48.5 Å². The van der Waals surface area contributed by atoms with E-state index in [9.17, 15) is 5.26 Å². The van der Waals surface area contributed by atoms with E-state index in [1.165, 1.54) is 12.8 Å². The van der Waals surface area contributed by atoms with Crippen LogP contribution in [0.4, 0.5) is 5.69 Å². The molecule has 0 N–H and O–H groups in total. The van der Waals surface area contributed by atoms with Crippen LogP contribution in [-0.2, 0) is 6.61 Å². The third-order valence-electron chi connectivity index (χ3n) is 3.79. The molecule has 1 fully saturated rings. The van der Waals surface area contributed by atoms with Crippen molar-refractivity contribution < 1.29 is 4.74 Å². The Morgan fingerprint density at radius 3 is 2.52 bits per heavy atom. The Morgan fingerprint density at radius 1 is 1.05 bits per heavy atom. The van der Waals surface area contributed by atoms with Crippen molar-refractivity contribution in [2.45, 2.75) is 19.4 Å². The molecule has 3 rings (SSSR count). The molecule has 1 saturated heterocycles. The van der Waals surface area contributed by atoms with Gasteiger partial charge in [-0.3, -0.25) is 0 Å². The molecule has 0 bridgehead atoms. The standard InChI is InChI=1S/C18H18N2O/c19-13-16-8-9-17(20-10-4-5-11-20)12-18(16)21-14-15-6-2-1-3-7-15/h1-3,6-9,12H,4-5,10-11,14H2. The molecule has 106 valence electrons. The molecule has 0 unspecified atom stereocenters. The number of rotatable bonds is 4. The van der Waals surface area contributed by atoms with Gasteiger partial charge in [-0.05, 0) is 30.5 Å². The lowest BCUT2D eigenvalue weighted by Crippen LogP contribution is -2.17. The fraction of sp³-hybridized carbons (Fsp3) is 0.278. The van der Waals surface area contributed by atoms with Crippen LogP contribution in [0, 0.1) is 11.3 Å². The average Bonchev–Trinajstić information content (AvgIpc) is 3.08. The number of hydrogen-bond acceptors (Lipinski definition) is 3. The molecule has 1 heterocycles. The van der Waals surface area contributed by atoms with E-state index in [1.807, 2.05) is 48.5 Å². The Morgan fingerprint density at radius 2 is 1.81 bits per heavy atom. The zero-order valence-corrected chi connectivity index (χ0v) is 12.0. The van der Waals surface area contributed by atoms with Crippen molar-refractivity contribution >= 4 is 5.69 Å². The van der Waals surface area contributed by atoms with Crippen LogP contribution in [0.2, 0.25) is 0 Å². The van der Waals surface area contributed by atoms with Gasteiger partial charge in [-0.1, -0.05) is 30.3 Å². The number of benzene rings is 2. The molecule has 3 nitrogen and oxygen atoms in total. The fourth-order valence-electron chi connectivity index (χ4n) is 2.63. The van der Waals surface area contributed by atoms with E-state index in [2.05, 4.69) is 11.0 Å². The Kier molecular flexibility index (Phi) is 4.07. The summed E-state index contributed by atoms with van der Waals surface area (Å²) in [5.74, 6) is 0.672. The van der Waals surface area contributed by atoms with Crippen LogP contribution in [0.3, 0.4) is 0 Å². The zero-order valence-electron chi connectivity index (χ0n) is 12.0. The third-order valence-corrected chi connectivity index (χ3v) is 3.79. The average molecular weight is 278 g/mol. The molecular formula is C18H18N2O. The van der Waals surface area contributed by atoms with Gasteiger partial charge in [0.2, 0.25) is 0 Å². The molecule has 0 saturated carbocycles. The lowest BCUT2D eigenvalue weighted by atomic mass is 10.2. The van der Waals surface area contributed by atoms with Crippen molar-refractivity contribution in [2.75, 3.05) is 18.0 Å². The number of nitriles is 1. The van der Waals surface area contributed by atoms with Crippen molar-refractivity contribution in [3.63, 3.8) is 0 Å². The van der Waals surface area contributed by atoms with Gasteiger partial charge in [0.05, 0.1) is 5.56 Å². The minimum Gasteiger partial charge on any atom is -0.487 e. The van der Waals surface area contributed by atoms with Crippen molar-refractivity contribution in [1.82, 2.24) is 0 Å². The molecule has 0 spiro atoms. The molecule has 3 heteroatoms. The topological polar surface area (TPSA) is 36.3 Å². The van der Waals surface area contributed by atoms with Gasteiger partial charge >= 0.3 is 0 Å². The zero-order chi connectivity index (χ0) is 14.5. The van der Waals surface area contributed by atoms with Crippen LogP contribution in [0.25, 0.3) is 0 Å². The fourth-order valence-corrected chi connectivity index (χ4v) is 2.63. The molecular weight excluding hydrogens is 260 g/mol.